The average molecular weight is 202 g/mol. The van der Waals surface area contributed by atoms with Crippen molar-refractivity contribution in [3.8, 4) is 0 Å². The zero-order chi connectivity index (χ0) is 11.1. The van der Waals surface area contributed by atoms with Crippen LogP contribution in [0.3, 0.4) is 0 Å². The lowest BCUT2D eigenvalue weighted by molar-refractivity contribution is -0.149. The second kappa shape index (κ2) is 6.50. The van der Waals surface area contributed by atoms with Crippen molar-refractivity contribution in [2.45, 2.75) is 25.9 Å². The summed E-state index contributed by atoms with van der Waals surface area (Å²) in [4.78, 5) is 22.4. The van der Waals surface area contributed by atoms with Gasteiger partial charge >= 0.3 is 5.97 Å². The van der Waals surface area contributed by atoms with Crippen molar-refractivity contribution < 1.29 is 14.3 Å². The van der Waals surface area contributed by atoms with Crippen LogP contribution in [0, 0.1) is 0 Å². The molecule has 2 N–H and O–H groups in total. The third-order valence-corrected chi connectivity index (χ3v) is 2.06. The Morgan fingerprint density at radius 1 is 1.14 bits per heavy atom. The Bertz CT molecular complexity index is 184. The summed E-state index contributed by atoms with van der Waals surface area (Å²) in [5.74, 6) is -0.548. The lowest BCUT2D eigenvalue weighted by Crippen LogP contribution is -2.37. The van der Waals surface area contributed by atoms with Gasteiger partial charge in [0.15, 0.2) is 12.4 Å². The normalized spacial score (nSPS) is 14.6. The van der Waals surface area contributed by atoms with E-state index in [0.717, 1.165) is 0 Å². The van der Waals surface area contributed by atoms with E-state index in [-0.39, 0.29) is 24.5 Å². The van der Waals surface area contributed by atoms with Crippen LogP contribution in [0.15, 0.2) is 0 Å². The number of esters is 1. The second-order valence-electron chi connectivity index (χ2n) is 3.09. The highest BCUT2D eigenvalue weighted by Crippen LogP contribution is 1.90. The van der Waals surface area contributed by atoms with E-state index in [2.05, 4.69) is 10.6 Å². The van der Waals surface area contributed by atoms with Crippen molar-refractivity contribution in [3.63, 3.8) is 0 Å². The number of ketones is 1. The molecule has 0 aliphatic carbocycles. The van der Waals surface area contributed by atoms with Crippen molar-refractivity contribution in [1.29, 1.82) is 0 Å². The molecule has 0 aromatic heterocycles. The van der Waals surface area contributed by atoms with Gasteiger partial charge in [0.25, 0.3) is 0 Å². The highest BCUT2D eigenvalue weighted by molar-refractivity contribution is 5.87. The summed E-state index contributed by atoms with van der Waals surface area (Å²) in [5.41, 5.74) is 0. The molecule has 0 bridgehead atoms. The van der Waals surface area contributed by atoms with Crippen LogP contribution in [0.1, 0.15) is 13.8 Å². The average Bonchev–Trinajstić information content (AvgIpc) is 2.22. The molecule has 0 aliphatic rings. The summed E-state index contributed by atoms with van der Waals surface area (Å²) in [5, 5.41) is 5.51. The van der Waals surface area contributed by atoms with Gasteiger partial charge in [-0.25, -0.2) is 0 Å². The number of ether oxygens (including phenoxy) is 1. The molecule has 5 nitrogen and oxygen atoms in total. The Kier molecular flexibility index (Phi) is 6.07. The molecule has 0 rings (SSSR count). The van der Waals surface area contributed by atoms with Crippen LogP contribution in [-0.2, 0) is 14.3 Å². The van der Waals surface area contributed by atoms with E-state index in [9.17, 15) is 9.59 Å². The third-order valence-electron chi connectivity index (χ3n) is 2.06. The van der Waals surface area contributed by atoms with Gasteiger partial charge in [0.1, 0.15) is 6.04 Å². The smallest absolute Gasteiger partial charge is 0.323 e. The van der Waals surface area contributed by atoms with Crippen LogP contribution in [0.4, 0.5) is 0 Å². The molecule has 0 aromatic carbocycles. The first-order chi connectivity index (χ1) is 6.52. The van der Waals surface area contributed by atoms with E-state index in [1.54, 1.807) is 27.9 Å². The standard InChI is InChI=1S/C9H18N2O3/c1-6(10-3)8(12)5-14-9(13)7(2)11-4/h6-7,10-11H,5H2,1-4H3. The van der Waals surface area contributed by atoms with Crippen LogP contribution in [0.5, 0.6) is 0 Å². The molecule has 2 unspecified atom stereocenters. The van der Waals surface area contributed by atoms with Gasteiger partial charge in [-0.05, 0) is 27.9 Å². The molecule has 2 atom stereocenters. The summed E-state index contributed by atoms with van der Waals surface area (Å²) in [7, 11) is 3.34. The SMILES string of the molecule is CNC(C)C(=O)COC(=O)C(C)NC. The van der Waals surface area contributed by atoms with E-state index in [4.69, 9.17) is 4.74 Å². The van der Waals surface area contributed by atoms with Gasteiger partial charge in [-0.15, -0.1) is 0 Å². The van der Waals surface area contributed by atoms with Crippen molar-refractivity contribution >= 4 is 11.8 Å². The third kappa shape index (κ3) is 4.34. The van der Waals surface area contributed by atoms with Crippen LogP contribution in [0.25, 0.3) is 0 Å². The van der Waals surface area contributed by atoms with Gasteiger partial charge in [0.2, 0.25) is 0 Å². The van der Waals surface area contributed by atoms with Gasteiger partial charge in [0.05, 0.1) is 6.04 Å². The summed E-state index contributed by atoms with van der Waals surface area (Å²) in [6.45, 7) is 3.22. The predicted molar refractivity (Wildman–Crippen MR) is 53.0 cm³/mol. The fourth-order valence-corrected chi connectivity index (χ4v) is 0.671. The summed E-state index contributed by atoms with van der Waals surface area (Å²) >= 11 is 0. The number of Topliss-reactive ketones (excluding diaryl/α,β-unsaturated/α-hetero) is 1. The van der Waals surface area contributed by atoms with Crippen molar-refractivity contribution in [2.75, 3.05) is 20.7 Å². The van der Waals surface area contributed by atoms with Gasteiger partial charge in [-0.2, -0.15) is 0 Å². The number of likely N-dealkylation sites (N-methyl/N-ethyl adjacent to an activating group) is 2. The summed E-state index contributed by atoms with van der Waals surface area (Å²) in [6.07, 6.45) is 0. The first-order valence-corrected chi connectivity index (χ1v) is 4.56. The van der Waals surface area contributed by atoms with Gasteiger partial charge in [0, 0.05) is 0 Å². The van der Waals surface area contributed by atoms with Gasteiger partial charge in [-0.3, -0.25) is 9.59 Å². The maximum atomic E-state index is 11.2. The molecule has 5 heteroatoms. The van der Waals surface area contributed by atoms with E-state index in [0.29, 0.717) is 0 Å². The molecule has 14 heavy (non-hydrogen) atoms. The number of nitrogens with one attached hydrogen (secondary N) is 2. The minimum atomic E-state index is -0.413. The Hall–Kier alpha value is -0.940. The summed E-state index contributed by atoms with van der Waals surface area (Å²) in [6, 6.07) is -0.666. The molecule has 82 valence electrons. The van der Waals surface area contributed by atoms with Gasteiger partial charge < -0.3 is 15.4 Å². The van der Waals surface area contributed by atoms with Gasteiger partial charge in [-0.1, -0.05) is 0 Å². The number of hydrogen-bond acceptors (Lipinski definition) is 5. The zero-order valence-electron chi connectivity index (χ0n) is 9.09. The van der Waals surface area contributed by atoms with Crippen molar-refractivity contribution in [3.05, 3.63) is 0 Å². The largest absolute Gasteiger partial charge is 0.456 e. The monoisotopic (exact) mass is 202 g/mol. The van der Waals surface area contributed by atoms with Crippen LogP contribution >= 0.6 is 0 Å². The maximum Gasteiger partial charge on any atom is 0.323 e. The molecule has 0 aromatic rings. The fourth-order valence-electron chi connectivity index (χ4n) is 0.671. The Morgan fingerprint density at radius 2 is 1.64 bits per heavy atom. The molecule has 0 radical (unpaired) electrons. The predicted octanol–water partition coefficient (Wildman–Crippen LogP) is -0.685. The topological polar surface area (TPSA) is 67.4 Å². The van der Waals surface area contributed by atoms with E-state index in [1.165, 1.54) is 0 Å². The lowest BCUT2D eigenvalue weighted by atomic mass is 10.2. The molecule has 0 saturated heterocycles. The molecule has 0 heterocycles. The Balaban J connectivity index is 3.83. The molecule has 0 spiro atoms. The van der Waals surface area contributed by atoms with E-state index in [1.807, 2.05) is 0 Å². The molecular weight excluding hydrogens is 184 g/mol. The molecule has 0 amide bonds. The molecular formula is C9H18N2O3. The van der Waals surface area contributed by atoms with E-state index >= 15 is 0 Å². The Labute approximate surface area is 84.2 Å². The highest BCUT2D eigenvalue weighted by atomic mass is 16.5. The highest BCUT2D eigenvalue weighted by Gasteiger charge is 2.16. The Morgan fingerprint density at radius 3 is 2.07 bits per heavy atom. The minimum absolute atomic E-state index is 0.135. The van der Waals surface area contributed by atoms with Crippen molar-refractivity contribution in [1.82, 2.24) is 10.6 Å². The fraction of sp³-hybridized carbons (Fsp3) is 0.778. The van der Waals surface area contributed by atoms with E-state index < -0.39 is 5.97 Å². The minimum Gasteiger partial charge on any atom is -0.456 e. The number of carbonyl (C=O) groups excluding carboxylic acids is 2. The number of hydrogen-bond donors (Lipinski definition) is 2. The summed E-state index contributed by atoms with van der Waals surface area (Å²) < 4.78 is 4.79. The number of rotatable bonds is 6. The first kappa shape index (κ1) is 13.1. The first-order valence-electron chi connectivity index (χ1n) is 4.56. The number of carbonyl (C=O) groups is 2. The maximum absolute atomic E-state index is 11.2. The zero-order valence-corrected chi connectivity index (χ0v) is 9.09. The second-order valence-corrected chi connectivity index (χ2v) is 3.09. The molecule has 0 aliphatic heterocycles. The lowest BCUT2D eigenvalue weighted by Gasteiger charge is -2.12. The van der Waals surface area contributed by atoms with Crippen LogP contribution in [-0.4, -0.2) is 44.5 Å². The molecule has 0 saturated carbocycles. The molecule has 0 fully saturated rings. The quantitative estimate of drug-likeness (QED) is 0.558. The van der Waals surface area contributed by atoms with Crippen LogP contribution in [0.2, 0.25) is 0 Å². The van der Waals surface area contributed by atoms with Crippen molar-refractivity contribution in [2.24, 2.45) is 0 Å². The van der Waals surface area contributed by atoms with Crippen LogP contribution < -0.4 is 10.6 Å².